The van der Waals surface area contributed by atoms with Crippen LogP contribution >= 0.6 is 11.8 Å². The average Bonchev–Trinajstić information content (AvgIpc) is 3.41. The molecule has 0 atom stereocenters. The van der Waals surface area contributed by atoms with Crippen LogP contribution in [-0.4, -0.2) is 23.3 Å². The molecule has 0 spiro atoms. The molecule has 1 heterocycles. The van der Waals surface area contributed by atoms with Crippen LogP contribution < -0.4 is 10.1 Å². The molecule has 2 aromatic carbocycles. The third kappa shape index (κ3) is 12.6. The maximum absolute atomic E-state index is 12.6. The second-order valence-electron chi connectivity index (χ2n) is 10.1. The van der Waals surface area contributed by atoms with Crippen molar-refractivity contribution in [3.63, 3.8) is 0 Å². The molecular weight excluding hydrogens is 476 g/mol. The number of carbonyl (C=O) groups excluding carboxylic acids is 1. The Balaban J connectivity index is 1.23. The maximum atomic E-state index is 12.6. The van der Waals surface area contributed by atoms with Crippen molar-refractivity contribution in [2.45, 2.75) is 96.9 Å². The minimum absolute atomic E-state index is 0.000986. The lowest BCUT2D eigenvalue weighted by Crippen LogP contribution is -2.15. The molecule has 3 rings (SSSR count). The van der Waals surface area contributed by atoms with Crippen molar-refractivity contribution in [1.82, 2.24) is 4.90 Å². The first-order chi connectivity index (χ1) is 18.2. The molecule has 0 aromatic heterocycles. The number of anilines is 1. The zero-order chi connectivity index (χ0) is 26.0. The lowest BCUT2D eigenvalue weighted by molar-refractivity contribution is -0.115. The van der Waals surface area contributed by atoms with Gasteiger partial charge in [-0.25, -0.2) is 0 Å². The highest BCUT2D eigenvalue weighted by Crippen LogP contribution is 2.20. The van der Waals surface area contributed by atoms with Gasteiger partial charge >= 0.3 is 0 Å². The number of hydrogen-bond donors (Lipinski definition) is 1. The topological polar surface area (TPSA) is 41.6 Å². The number of amides is 1. The van der Waals surface area contributed by atoms with Crippen molar-refractivity contribution >= 4 is 23.4 Å². The van der Waals surface area contributed by atoms with E-state index in [0.717, 1.165) is 42.4 Å². The van der Waals surface area contributed by atoms with E-state index in [1.54, 1.807) is 11.8 Å². The number of nitrogens with one attached hydrogen (secondary N) is 1. The smallest absolute Gasteiger partial charge is 0.228 e. The van der Waals surface area contributed by atoms with Crippen LogP contribution in [0.25, 0.3) is 0 Å². The van der Waals surface area contributed by atoms with Gasteiger partial charge in [0.25, 0.3) is 0 Å². The van der Waals surface area contributed by atoms with Gasteiger partial charge in [0.05, 0.1) is 18.9 Å². The second kappa shape index (κ2) is 18.0. The summed E-state index contributed by atoms with van der Waals surface area (Å²) in [6.07, 6.45) is 18.7. The monoisotopic (exact) mass is 522 g/mol. The van der Waals surface area contributed by atoms with Gasteiger partial charge < -0.3 is 15.0 Å². The minimum atomic E-state index is -0.000986. The van der Waals surface area contributed by atoms with Gasteiger partial charge in [-0.15, -0.1) is 11.8 Å². The zero-order valence-corrected chi connectivity index (χ0v) is 23.6. The number of ether oxygens (including phenoxy) is 1. The highest BCUT2D eigenvalue weighted by molar-refractivity contribution is 8.02. The van der Waals surface area contributed by atoms with Crippen LogP contribution in [0.1, 0.15) is 95.1 Å². The molecule has 1 amide bonds. The van der Waals surface area contributed by atoms with E-state index >= 15 is 0 Å². The van der Waals surface area contributed by atoms with Crippen LogP contribution in [0.2, 0.25) is 0 Å². The van der Waals surface area contributed by atoms with Gasteiger partial charge in [0, 0.05) is 18.4 Å². The van der Waals surface area contributed by atoms with E-state index in [4.69, 9.17) is 4.74 Å². The van der Waals surface area contributed by atoms with Crippen molar-refractivity contribution in [3.8, 4) is 5.75 Å². The Morgan fingerprint density at radius 2 is 1.54 bits per heavy atom. The van der Waals surface area contributed by atoms with E-state index in [-0.39, 0.29) is 5.91 Å². The third-order valence-corrected chi connectivity index (χ3v) is 7.55. The molecular formula is C32H46N2O2S. The lowest BCUT2D eigenvalue weighted by Gasteiger charge is -2.15. The highest BCUT2D eigenvalue weighted by Gasteiger charge is 2.08. The number of hydrogen-bond acceptors (Lipinski definition) is 4. The van der Waals surface area contributed by atoms with Crippen LogP contribution in [0.5, 0.6) is 5.75 Å². The van der Waals surface area contributed by atoms with Crippen molar-refractivity contribution in [1.29, 1.82) is 0 Å². The summed E-state index contributed by atoms with van der Waals surface area (Å²) >= 11 is 1.80. The Morgan fingerprint density at radius 3 is 2.19 bits per heavy atom. The lowest BCUT2D eigenvalue weighted by atomic mass is 10.1. The summed E-state index contributed by atoms with van der Waals surface area (Å²) < 4.78 is 5.91. The van der Waals surface area contributed by atoms with E-state index in [1.807, 2.05) is 36.4 Å². The Bertz CT molecular complexity index is 929. The number of rotatable bonds is 19. The molecule has 5 heteroatoms. The summed E-state index contributed by atoms with van der Waals surface area (Å²) in [7, 11) is 0. The molecule has 0 radical (unpaired) electrons. The normalized spacial score (nSPS) is 12.7. The molecule has 0 unspecified atom stereocenters. The number of benzene rings is 2. The number of carbonyl (C=O) groups is 1. The Labute approximate surface area is 229 Å². The summed E-state index contributed by atoms with van der Waals surface area (Å²) in [5.74, 6) is 1.86. The average molecular weight is 523 g/mol. The van der Waals surface area contributed by atoms with Crippen molar-refractivity contribution in [2.24, 2.45) is 0 Å². The molecule has 1 aliphatic rings. The molecule has 0 bridgehead atoms. The maximum Gasteiger partial charge on any atom is 0.228 e. The van der Waals surface area contributed by atoms with Crippen molar-refractivity contribution in [2.75, 3.05) is 17.8 Å². The van der Waals surface area contributed by atoms with Crippen LogP contribution in [0.4, 0.5) is 5.69 Å². The first-order valence-electron chi connectivity index (χ1n) is 14.4. The van der Waals surface area contributed by atoms with Gasteiger partial charge in [-0.3, -0.25) is 4.79 Å². The number of thioether (sulfide) groups is 1. The van der Waals surface area contributed by atoms with Crippen molar-refractivity contribution in [3.05, 3.63) is 71.3 Å². The van der Waals surface area contributed by atoms with E-state index in [9.17, 15) is 4.79 Å². The van der Waals surface area contributed by atoms with Crippen LogP contribution in [0.3, 0.4) is 0 Å². The van der Waals surface area contributed by atoms with Crippen LogP contribution in [0, 0.1) is 0 Å². The minimum Gasteiger partial charge on any atom is -0.494 e. The molecule has 0 saturated heterocycles. The summed E-state index contributed by atoms with van der Waals surface area (Å²) in [5, 5.41) is 5.15. The molecule has 0 fully saturated rings. The molecule has 1 N–H and O–H groups in total. The quantitative estimate of drug-likeness (QED) is 0.187. The fourth-order valence-electron chi connectivity index (χ4n) is 4.62. The van der Waals surface area contributed by atoms with Crippen LogP contribution in [0.15, 0.2) is 60.1 Å². The fourth-order valence-corrected chi connectivity index (χ4v) is 5.33. The number of nitrogens with zero attached hydrogens (tertiary/aromatic N) is 1. The van der Waals surface area contributed by atoms with Gasteiger partial charge in [-0.1, -0.05) is 102 Å². The van der Waals surface area contributed by atoms with Gasteiger partial charge in [0.1, 0.15) is 5.75 Å². The second-order valence-corrected chi connectivity index (χ2v) is 11.0. The van der Waals surface area contributed by atoms with Crippen LogP contribution in [-0.2, 0) is 17.8 Å². The summed E-state index contributed by atoms with van der Waals surface area (Å²) in [4.78, 5) is 14.8. The zero-order valence-electron chi connectivity index (χ0n) is 22.8. The molecule has 0 aliphatic carbocycles. The third-order valence-electron chi connectivity index (χ3n) is 6.76. The fraction of sp³-hybridized carbons (Fsp3) is 0.531. The van der Waals surface area contributed by atoms with Crippen molar-refractivity contribution < 1.29 is 9.53 Å². The SMILES string of the molecule is CCCCCCCCCCCCCCOc1ccc(CC(=O)Nc2cccc(CN3C=CSC3)c2)cc1. The predicted octanol–water partition coefficient (Wildman–Crippen LogP) is 8.93. The van der Waals surface area contributed by atoms with E-state index < -0.39 is 0 Å². The summed E-state index contributed by atoms with van der Waals surface area (Å²) in [6.45, 7) is 3.90. The van der Waals surface area contributed by atoms with E-state index in [0.29, 0.717) is 6.42 Å². The van der Waals surface area contributed by atoms with Gasteiger partial charge in [0.15, 0.2) is 0 Å². The molecule has 202 valence electrons. The highest BCUT2D eigenvalue weighted by atomic mass is 32.2. The van der Waals surface area contributed by atoms with E-state index in [1.165, 1.54) is 76.2 Å². The van der Waals surface area contributed by atoms with Gasteiger partial charge in [-0.05, 0) is 47.2 Å². The Morgan fingerprint density at radius 1 is 0.865 bits per heavy atom. The summed E-state index contributed by atoms with van der Waals surface area (Å²) in [5.41, 5.74) is 3.03. The molecule has 2 aromatic rings. The number of unbranched alkanes of at least 4 members (excludes halogenated alkanes) is 11. The molecule has 4 nitrogen and oxygen atoms in total. The van der Waals surface area contributed by atoms with Gasteiger partial charge in [0.2, 0.25) is 5.91 Å². The largest absolute Gasteiger partial charge is 0.494 e. The standard InChI is InChI=1S/C32H46N2O2S/c1-2-3-4-5-6-7-8-9-10-11-12-13-22-36-31-19-17-28(18-20-31)25-32(35)33-30-16-14-15-29(24-30)26-34-21-23-37-27-34/h14-21,23-24H,2-13,22,25-27H2,1H3,(H,33,35). The molecule has 0 saturated carbocycles. The van der Waals surface area contributed by atoms with E-state index in [2.05, 4.69) is 40.9 Å². The van der Waals surface area contributed by atoms with Gasteiger partial charge in [-0.2, -0.15) is 0 Å². The predicted molar refractivity (Wildman–Crippen MR) is 159 cm³/mol. The Hall–Kier alpha value is -2.40. The molecule has 1 aliphatic heterocycles. The summed E-state index contributed by atoms with van der Waals surface area (Å²) in [6, 6.07) is 16.0. The first-order valence-corrected chi connectivity index (χ1v) is 15.4. The first kappa shape index (κ1) is 29.2. The molecule has 37 heavy (non-hydrogen) atoms. The Kier molecular flexibility index (Phi) is 14.1.